The average Bonchev–Trinajstić information content (AvgIpc) is 2.83. The Morgan fingerprint density at radius 1 is 1.43 bits per heavy atom. The van der Waals surface area contributed by atoms with E-state index in [4.69, 9.17) is 5.11 Å². The summed E-state index contributed by atoms with van der Waals surface area (Å²) in [4.78, 5) is 12.5. The quantitative estimate of drug-likeness (QED) is 0.872. The summed E-state index contributed by atoms with van der Waals surface area (Å²) in [6.07, 6.45) is -5.30. The van der Waals surface area contributed by atoms with Gasteiger partial charge in [-0.2, -0.15) is 13.2 Å². The minimum Gasteiger partial charge on any atom is -0.481 e. The fourth-order valence-corrected chi connectivity index (χ4v) is 2.67. The van der Waals surface area contributed by atoms with Gasteiger partial charge in [0, 0.05) is 19.1 Å². The second kappa shape index (κ2) is 5.29. The van der Waals surface area contributed by atoms with Crippen molar-refractivity contribution in [2.75, 3.05) is 13.1 Å². The van der Waals surface area contributed by atoms with Crippen LogP contribution in [0.5, 0.6) is 0 Å². The number of carboxylic acid groups (broad SMARTS) is 1. The highest BCUT2D eigenvalue weighted by Gasteiger charge is 2.63. The maximum atomic E-state index is 13.2. The van der Waals surface area contributed by atoms with E-state index in [-0.39, 0.29) is 6.54 Å². The standard InChI is InChI=1S/C14H15F4NO2/c1-9(10-3-2-4-11(15)7-10)19-6-5-13(8-19,12(20)21)14(16,17)18/h2-4,7,9H,5-6,8H2,1H3,(H,20,21). The van der Waals surface area contributed by atoms with Crippen LogP contribution in [0.3, 0.4) is 0 Å². The Balaban J connectivity index is 2.23. The van der Waals surface area contributed by atoms with Crippen LogP contribution in [0, 0.1) is 11.2 Å². The van der Waals surface area contributed by atoms with E-state index in [0.29, 0.717) is 5.56 Å². The minimum absolute atomic E-state index is 0.00346. The lowest BCUT2D eigenvalue weighted by molar-refractivity contribution is -0.227. The van der Waals surface area contributed by atoms with Crippen molar-refractivity contribution in [2.45, 2.75) is 25.6 Å². The van der Waals surface area contributed by atoms with E-state index in [0.717, 1.165) is 0 Å². The third-order valence-corrected chi connectivity index (χ3v) is 4.13. The molecule has 0 amide bonds. The molecule has 2 rings (SSSR count). The Morgan fingerprint density at radius 3 is 2.57 bits per heavy atom. The molecule has 7 heteroatoms. The molecule has 1 saturated heterocycles. The molecule has 1 aliphatic rings. The molecule has 1 heterocycles. The topological polar surface area (TPSA) is 40.5 Å². The summed E-state index contributed by atoms with van der Waals surface area (Å²) in [6.45, 7) is 1.02. The summed E-state index contributed by atoms with van der Waals surface area (Å²) >= 11 is 0. The Bertz CT molecular complexity index is 546. The second-order valence-corrected chi connectivity index (χ2v) is 5.34. The molecule has 3 nitrogen and oxygen atoms in total. The molecule has 0 bridgehead atoms. The van der Waals surface area contributed by atoms with E-state index in [9.17, 15) is 22.4 Å². The molecule has 0 aromatic heterocycles. The number of hydrogen-bond donors (Lipinski definition) is 1. The van der Waals surface area contributed by atoms with Gasteiger partial charge in [-0.3, -0.25) is 9.69 Å². The average molecular weight is 305 g/mol. The summed E-state index contributed by atoms with van der Waals surface area (Å²) in [7, 11) is 0. The van der Waals surface area contributed by atoms with Crippen LogP contribution in [0.2, 0.25) is 0 Å². The van der Waals surface area contributed by atoms with Crippen molar-refractivity contribution in [1.82, 2.24) is 4.90 Å². The predicted octanol–water partition coefficient (Wildman–Crippen LogP) is 3.23. The van der Waals surface area contributed by atoms with Crippen LogP contribution in [0.4, 0.5) is 17.6 Å². The summed E-state index contributed by atoms with van der Waals surface area (Å²) in [5.74, 6) is -2.33. The van der Waals surface area contributed by atoms with E-state index >= 15 is 0 Å². The van der Waals surface area contributed by atoms with E-state index in [1.54, 1.807) is 13.0 Å². The molecule has 0 saturated carbocycles. The number of alkyl halides is 3. The van der Waals surface area contributed by atoms with Gasteiger partial charge in [-0.05, 0) is 31.0 Å². The molecule has 1 N–H and O–H groups in total. The number of aliphatic carboxylic acids is 1. The van der Waals surface area contributed by atoms with Gasteiger partial charge >= 0.3 is 12.1 Å². The lowest BCUT2D eigenvalue weighted by atomic mass is 9.86. The molecule has 1 aromatic carbocycles. The van der Waals surface area contributed by atoms with Crippen LogP contribution < -0.4 is 0 Å². The fraction of sp³-hybridized carbons (Fsp3) is 0.500. The molecule has 1 aromatic rings. The first-order valence-electron chi connectivity index (χ1n) is 6.47. The van der Waals surface area contributed by atoms with Gasteiger partial charge < -0.3 is 5.11 Å². The summed E-state index contributed by atoms with van der Waals surface area (Å²) in [6, 6.07) is 5.11. The zero-order chi connectivity index (χ0) is 15.8. The molecular weight excluding hydrogens is 290 g/mol. The van der Waals surface area contributed by atoms with Crippen molar-refractivity contribution in [3.8, 4) is 0 Å². The van der Waals surface area contributed by atoms with Gasteiger partial charge in [0.05, 0.1) is 0 Å². The summed E-state index contributed by atoms with van der Waals surface area (Å²) in [5.41, 5.74) is -2.22. The predicted molar refractivity (Wildman–Crippen MR) is 67.1 cm³/mol. The van der Waals surface area contributed by atoms with Gasteiger partial charge in [-0.1, -0.05) is 12.1 Å². The van der Waals surface area contributed by atoms with Crippen molar-refractivity contribution in [2.24, 2.45) is 5.41 Å². The first kappa shape index (κ1) is 15.8. The first-order chi connectivity index (χ1) is 9.67. The number of benzene rings is 1. The SMILES string of the molecule is CC(c1cccc(F)c1)N1CCC(C(=O)O)(C(F)(F)F)C1. The molecule has 0 aliphatic carbocycles. The molecule has 21 heavy (non-hydrogen) atoms. The number of likely N-dealkylation sites (tertiary alicyclic amines) is 1. The fourth-order valence-electron chi connectivity index (χ4n) is 2.67. The van der Waals surface area contributed by atoms with Gasteiger partial charge in [0.15, 0.2) is 5.41 Å². The maximum absolute atomic E-state index is 13.2. The molecule has 0 radical (unpaired) electrons. The highest BCUT2D eigenvalue weighted by atomic mass is 19.4. The van der Waals surface area contributed by atoms with Gasteiger partial charge in [0.25, 0.3) is 0 Å². The Hall–Kier alpha value is -1.63. The van der Waals surface area contributed by atoms with Gasteiger partial charge in [0.1, 0.15) is 5.82 Å². The Labute approximate surface area is 119 Å². The maximum Gasteiger partial charge on any atom is 0.406 e. The highest BCUT2D eigenvalue weighted by molar-refractivity contribution is 5.76. The van der Waals surface area contributed by atoms with Gasteiger partial charge in [-0.25, -0.2) is 4.39 Å². The van der Waals surface area contributed by atoms with Crippen molar-refractivity contribution in [1.29, 1.82) is 0 Å². The number of halogens is 4. The van der Waals surface area contributed by atoms with E-state index in [2.05, 4.69) is 0 Å². The van der Waals surface area contributed by atoms with Crippen LogP contribution >= 0.6 is 0 Å². The zero-order valence-electron chi connectivity index (χ0n) is 11.3. The van der Waals surface area contributed by atoms with E-state index in [1.807, 2.05) is 0 Å². The molecule has 2 unspecified atom stereocenters. The number of carbonyl (C=O) groups is 1. The van der Waals surface area contributed by atoms with E-state index in [1.165, 1.54) is 23.1 Å². The monoisotopic (exact) mass is 305 g/mol. The number of carboxylic acids is 1. The van der Waals surface area contributed by atoms with Crippen LogP contribution in [-0.2, 0) is 4.79 Å². The molecule has 1 fully saturated rings. The molecular formula is C14H15F4NO2. The zero-order valence-corrected chi connectivity index (χ0v) is 11.3. The minimum atomic E-state index is -4.81. The normalized spacial score (nSPS) is 25.0. The summed E-state index contributed by atoms with van der Waals surface area (Å²) in [5, 5.41) is 9.01. The summed E-state index contributed by atoms with van der Waals surface area (Å²) < 4.78 is 52.5. The highest BCUT2D eigenvalue weighted by Crippen LogP contribution is 2.47. The van der Waals surface area contributed by atoms with Crippen molar-refractivity contribution < 1.29 is 27.5 Å². The second-order valence-electron chi connectivity index (χ2n) is 5.34. The van der Waals surface area contributed by atoms with Gasteiger partial charge in [0.2, 0.25) is 0 Å². The lowest BCUT2D eigenvalue weighted by Crippen LogP contribution is -2.47. The van der Waals surface area contributed by atoms with Crippen LogP contribution in [0.15, 0.2) is 24.3 Å². The van der Waals surface area contributed by atoms with Crippen LogP contribution in [0.25, 0.3) is 0 Å². The third-order valence-electron chi connectivity index (χ3n) is 4.13. The van der Waals surface area contributed by atoms with Crippen LogP contribution in [-0.4, -0.2) is 35.2 Å². The Kier molecular flexibility index (Phi) is 3.97. The number of rotatable bonds is 3. The number of nitrogens with zero attached hydrogens (tertiary/aromatic N) is 1. The van der Waals surface area contributed by atoms with Crippen molar-refractivity contribution in [3.63, 3.8) is 0 Å². The van der Waals surface area contributed by atoms with Crippen molar-refractivity contribution >= 4 is 5.97 Å². The molecule has 1 aliphatic heterocycles. The first-order valence-corrected chi connectivity index (χ1v) is 6.47. The van der Waals surface area contributed by atoms with Crippen LogP contribution in [0.1, 0.15) is 24.9 Å². The molecule has 116 valence electrons. The van der Waals surface area contributed by atoms with Crippen molar-refractivity contribution in [3.05, 3.63) is 35.6 Å². The smallest absolute Gasteiger partial charge is 0.406 e. The Morgan fingerprint density at radius 2 is 2.10 bits per heavy atom. The number of hydrogen-bond acceptors (Lipinski definition) is 2. The molecule has 0 spiro atoms. The van der Waals surface area contributed by atoms with E-state index < -0.39 is 42.4 Å². The third kappa shape index (κ3) is 2.74. The van der Waals surface area contributed by atoms with Gasteiger partial charge in [-0.15, -0.1) is 0 Å². The molecule has 2 atom stereocenters. The largest absolute Gasteiger partial charge is 0.481 e. The lowest BCUT2D eigenvalue weighted by Gasteiger charge is -2.29.